The number of alkyl halides is 1. The van der Waals surface area contributed by atoms with Gasteiger partial charge in [-0.05, 0) is 12.5 Å². The Bertz CT molecular complexity index is 310. The first-order chi connectivity index (χ1) is 6.29. The molecule has 0 aromatic heterocycles. The van der Waals surface area contributed by atoms with Crippen molar-refractivity contribution in [2.24, 2.45) is 10.2 Å². The fourth-order valence-electron chi connectivity index (χ4n) is 1.47. The van der Waals surface area contributed by atoms with E-state index in [-0.39, 0.29) is 12.1 Å². The van der Waals surface area contributed by atoms with Crippen LogP contribution in [-0.2, 0) is 0 Å². The van der Waals surface area contributed by atoms with Gasteiger partial charge in [-0.2, -0.15) is 10.2 Å². The summed E-state index contributed by atoms with van der Waals surface area (Å²) in [6.45, 7) is 2.08. The Balaban J connectivity index is 2.24. The molecule has 3 heteroatoms. The molecule has 3 atom stereocenters. The summed E-state index contributed by atoms with van der Waals surface area (Å²) in [5.41, 5.74) is 1.23. The highest BCUT2D eigenvalue weighted by molar-refractivity contribution is 9.09. The summed E-state index contributed by atoms with van der Waals surface area (Å²) in [6, 6.07) is 10.7. The lowest BCUT2D eigenvalue weighted by Gasteiger charge is -2.12. The lowest BCUT2D eigenvalue weighted by atomic mass is 10.0. The predicted octanol–water partition coefficient (Wildman–Crippen LogP) is 3.35. The summed E-state index contributed by atoms with van der Waals surface area (Å²) in [5.74, 6) is 0. The van der Waals surface area contributed by atoms with Crippen molar-refractivity contribution in [3.8, 4) is 0 Å². The minimum Gasteiger partial charge on any atom is -0.189 e. The Hall–Kier alpha value is -0.700. The number of nitrogens with zero attached hydrogens (tertiary/aromatic N) is 2. The molecule has 0 fully saturated rings. The topological polar surface area (TPSA) is 24.7 Å². The smallest absolute Gasteiger partial charge is 0.110 e. The zero-order valence-corrected chi connectivity index (χ0v) is 8.98. The van der Waals surface area contributed by atoms with Crippen molar-refractivity contribution in [1.82, 2.24) is 0 Å². The molecule has 0 radical (unpaired) electrons. The van der Waals surface area contributed by atoms with Gasteiger partial charge in [0.1, 0.15) is 6.04 Å². The average Bonchev–Trinajstić information content (AvgIpc) is 2.49. The summed E-state index contributed by atoms with van der Waals surface area (Å²) in [6.07, 6.45) is 0. The van der Waals surface area contributed by atoms with Crippen LogP contribution >= 0.6 is 15.9 Å². The molecule has 1 aliphatic heterocycles. The standard InChI is InChI=1S/C10H11BrN2/c1-7-9(11)10(13-12-7)8-5-3-2-4-6-8/h2-7,9-10H,1H3. The monoisotopic (exact) mass is 238 g/mol. The molecule has 2 nitrogen and oxygen atoms in total. The van der Waals surface area contributed by atoms with Crippen LogP contribution in [0, 0.1) is 0 Å². The van der Waals surface area contributed by atoms with Gasteiger partial charge in [-0.25, -0.2) is 0 Å². The Morgan fingerprint density at radius 2 is 1.85 bits per heavy atom. The van der Waals surface area contributed by atoms with Crippen LogP contribution in [0.5, 0.6) is 0 Å². The maximum atomic E-state index is 4.25. The zero-order chi connectivity index (χ0) is 9.26. The lowest BCUT2D eigenvalue weighted by Crippen LogP contribution is -2.15. The van der Waals surface area contributed by atoms with Crippen molar-refractivity contribution >= 4 is 15.9 Å². The number of halogens is 1. The van der Waals surface area contributed by atoms with Crippen LogP contribution in [0.1, 0.15) is 18.5 Å². The second kappa shape index (κ2) is 3.58. The first-order valence-corrected chi connectivity index (χ1v) is 5.29. The van der Waals surface area contributed by atoms with Crippen LogP contribution in [-0.4, -0.2) is 10.9 Å². The SMILES string of the molecule is CC1N=NC(c2ccccc2)C1Br. The highest BCUT2D eigenvalue weighted by Crippen LogP contribution is 2.35. The summed E-state index contributed by atoms with van der Waals surface area (Å²) in [7, 11) is 0. The number of benzene rings is 1. The fraction of sp³-hybridized carbons (Fsp3) is 0.400. The third-order valence-electron chi connectivity index (χ3n) is 2.28. The van der Waals surface area contributed by atoms with Crippen LogP contribution in [0.2, 0.25) is 0 Å². The first-order valence-electron chi connectivity index (χ1n) is 4.38. The number of hydrogen-bond donors (Lipinski definition) is 0. The highest BCUT2D eigenvalue weighted by Gasteiger charge is 2.30. The molecule has 0 aliphatic carbocycles. The molecule has 13 heavy (non-hydrogen) atoms. The van der Waals surface area contributed by atoms with Crippen molar-refractivity contribution in [1.29, 1.82) is 0 Å². The van der Waals surface area contributed by atoms with Gasteiger partial charge < -0.3 is 0 Å². The molecule has 0 amide bonds. The largest absolute Gasteiger partial charge is 0.189 e. The number of hydrogen-bond acceptors (Lipinski definition) is 2. The van der Waals surface area contributed by atoms with E-state index in [0.29, 0.717) is 4.83 Å². The molecular formula is C10H11BrN2. The second-order valence-electron chi connectivity index (χ2n) is 3.27. The minimum atomic E-state index is 0.191. The summed E-state index contributed by atoms with van der Waals surface area (Å²) in [5, 5.41) is 8.40. The van der Waals surface area contributed by atoms with E-state index in [0.717, 1.165) is 0 Å². The van der Waals surface area contributed by atoms with E-state index < -0.39 is 0 Å². The van der Waals surface area contributed by atoms with Crippen molar-refractivity contribution in [2.75, 3.05) is 0 Å². The molecule has 1 aromatic carbocycles. The lowest BCUT2D eigenvalue weighted by molar-refractivity contribution is 0.700. The molecule has 0 saturated carbocycles. The number of azo groups is 1. The van der Waals surface area contributed by atoms with Gasteiger partial charge in [-0.1, -0.05) is 46.3 Å². The predicted molar refractivity (Wildman–Crippen MR) is 56.2 cm³/mol. The van der Waals surface area contributed by atoms with Crippen molar-refractivity contribution in [3.63, 3.8) is 0 Å². The summed E-state index contributed by atoms with van der Waals surface area (Å²) < 4.78 is 0. The molecule has 0 saturated heterocycles. The van der Waals surface area contributed by atoms with Crippen molar-refractivity contribution in [3.05, 3.63) is 35.9 Å². The second-order valence-corrected chi connectivity index (χ2v) is 4.33. The highest BCUT2D eigenvalue weighted by atomic mass is 79.9. The maximum absolute atomic E-state index is 4.25. The Morgan fingerprint density at radius 1 is 1.15 bits per heavy atom. The van der Waals surface area contributed by atoms with Gasteiger partial charge in [-0.15, -0.1) is 0 Å². The van der Waals surface area contributed by atoms with E-state index in [1.165, 1.54) is 5.56 Å². The molecule has 0 spiro atoms. The molecule has 3 unspecified atom stereocenters. The van der Waals surface area contributed by atoms with Crippen LogP contribution in [0.4, 0.5) is 0 Å². The molecule has 68 valence electrons. The van der Waals surface area contributed by atoms with Gasteiger partial charge >= 0.3 is 0 Å². The van der Waals surface area contributed by atoms with Crippen LogP contribution in [0.25, 0.3) is 0 Å². The van der Waals surface area contributed by atoms with Gasteiger partial charge in [0.25, 0.3) is 0 Å². The van der Waals surface area contributed by atoms with Gasteiger partial charge in [0.05, 0.1) is 10.9 Å². The van der Waals surface area contributed by atoms with Gasteiger partial charge in [-0.3, -0.25) is 0 Å². The molecular weight excluding hydrogens is 228 g/mol. The molecule has 2 rings (SSSR count). The zero-order valence-electron chi connectivity index (χ0n) is 7.39. The van der Waals surface area contributed by atoms with Gasteiger partial charge in [0.2, 0.25) is 0 Å². The summed E-state index contributed by atoms with van der Waals surface area (Å²) in [4.78, 5) is 0.342. The molecule has 0 N–H and O–H groups in total. The van der Waals surface area contributed by atoms with E-state index in [2.05, 4.69) is 45.2 Å². The van der Waals surface area contributed by atoms with Crippen LogP contribution in [0.3, 0.4) is 0 Å². The third-order valence-corrected chi connectivity index (χ3v) is 3.54. The Labute approximate surface area is 86.2 Å². The van der Waals surface area contributed by atoms with Crippen molar-refractivity contribution in [2.45, 2.75) is 23.8 Å². The van der Waals surface area contributed by atoms with E-state index in [1.807, 2.05) is 18.2 Å². The average molecular weight is 239 g/mol. The maximum Gasteiger partial charge on any atom is 0.110 e. The van der Waals surface area contributed by atoms with Gasteiger partial charge in [0, 0.05) is 0 Å². The fourth-order valence-corrected chi connectivity index (χ4v) is 1.99. The molecule has 0 bridgehead atoms. The van der Waals surface area contributed by atoms with E-state index >= 15 is 0 Å². The van der Waals surface area contributed by atoms with Crippen molar-refractivity contribution < 1.29 is 0 Å². The molecule has 1 aliphatic rings. The number of rotatable bonds is 1. The minimum absolute atomic E-state index is 0.191. The Kier molecular flexibility index (Phi) is 2.44. The Morgan fingerprint density at radius 3 is 2.38 bits per heavy atom. The third kappa shape index (κ3) is 1.66. The van der Waals surface area contributed by atoms with E-state index in [9.17, 15) is 0 Å². The van der Waals surface area contributed by atoms with Crippen LogP contribution in [0.15, 0.2) is 40.6 Å². The normalized spacial score (nSPS) is 32.3. The molecule has 1 aromatic rings. The van der Waals surface area contributed by atoms with Gasteiger partial charge in [0.15, 0.2) is 0 Å². The quantitative estimate of drug-likeness (QED) is 0.671. The van der Waals surface area contributed by atoms with E-state index in [4.69, 9.17) is 0 Å². The first kappa shape index (κ1) is 8.88. The summed E-state index contributed by atoms with van der Waals surface area (Å²) >= 11 is 3.62. The van der Waals surface area contributed by atoms with E-state index in [1.54, 1.807) is 0 Å². The molecule has 1 heterocycles. The van der Waals surface area contributed by atoms with Crippen LogP contribution < -0.4 is 0 Å².